The molecule has 2 N–H and O–H groups in total. The van der Waals surface area contributed by atoms with Gasteiger partial charge in [0.05, 0.1) is 12.0 Å². The lowest BCUT2D eigenvalue weighted by atomic mass is 9.86. The number of nitrogens with one attached hydrogen (secondary N) is 1. The van der Waals surface area contributed by atoms with Crippen LogP contribution in [0.5, 0.6) is 5.75 Å². The molecule has 1 amide bonds. The van der Waals surface area contributed by atoms with Gasteiger partial charge in [-0.1, -0.05) is 25.7 Å². The second-order valence-electron chi connectivity index (χ2n) is 7.49. The molecule has 1 aromatic rings. The molecule has 27 heavy (non-hydrogen) atoms. The Morgan fingerprint density at radius 1 is 1.04 bits per heavy atom. The molecule has 1 aromatic carbocycles. The van der Waals surface area contributed by atoms with Crippen molar-refractivity contribution >= 4 is 11.9 Å². The van der Waals surface area contributed by atoms with Crippen LogP contribution < -0.4 is 10.1 Å². The molecular formula is C21H29NO5. The van der Waals surface area contributed by atoms with Gasteiger partial charge in [0.25, 0.3) is 5.91 Å². The van der Waals surface area contributed by atoms with Crippen molar-refractivity contribution in [1.29, 1.82) is 0 Å². The van der Waals surface area contributed by atoms with Crippen molar-refractivity contribution in [2.24, 2.45) is 5.92 Å². The molecule has 1 saturated carbocycles. The Morgan fingerprint density at radius 2 is 1.78 bits per heavy atom. The van der Waals surface area contributed by atoms with Gasteiger partial charge >= 0.3 is 5.97 Å². The van der Waals surface area contributed by atoms with E-state index in [0.29, 0.717) is 30.8 Å². The zero-order valence-electron chi connectivity index (χ0n) is 15.7. The summed E-state index contributed by atoms with van der Waals surface area (Å²) >= 11 is 0. The fourth-order valence-electron chi connectivity index (χ4n) is 3.87. The Bertz CT molecular complexity index is 624. The van der Waals surface area contributed by atoms with Crippen molar-refractivity contribution in [3.8, 4) is 5.75 Å². The Morgan fingerprint density at radius 3 is 2.44 bits per heavy atom. The van der Waals surface area contributed by atoms with E-state index in [2.05, 4.69) is 5.32 Å². The number of ether oxygens (including phenoxy) is 2. The van der Waals surface area contributed by atoms with Crippen LogP contribution in [-0.4, -0.2) is 42.3 Å². The van der Waals surface area contributed by atoms with E-state index in [9.17, 15) is 14.7 Å². The maximum Gasteiger partial charge on any atom is 0.308 e. The van der Waals surface area contributed by atoms with E-state index in [-0.39, 0.29) is 18.1 Å². The van der Waals surface area contributed by atoms with Gasteiger partial charge < -0.3 is 19.9 Å². The van der Waals surface area contributed by atoms with Crippen LogP contribution in [0.3, 0.4) is 0 Å². The van der Waals surface area contributed by atoms with E-state index < -0.39 is 11.9 Å². The van der Waals surface area contributed by atoms with Crippen LogP contribution in [0.25, 0.3) is 0 Å². The summed E-state index contributed by atoms with van der Waals surface area (Å²) in [7, 11) is 0. The Balaban J connectivity index is 1.56. The minimum Gasteiger partial charge on any atom is -0.491 e. The number of carboxylic acids is 1. The lowest BCUT2D eigenvalue weighted by Crippen LogP contribution is -2.43. The standard InChI is InChI=1S/C21H29NO5/c23-20(22-19-8-4-2-1-3-7-18(19)21(24)25)15-9-11-16(12-10-15)27-14-17-6-5-13-26-17/h9-12,17-19H,1-8,13-14H2,(H,22,23)(H,24,25). The maximum absolute atomic E-state index is 12.6. The zero-order valence-corrected chi connectivity index (χ0v) is 15.7. The lowest BCUT2D eigenvalue weighted by molar-refractivity contribution is -0.143. The summed E-state index contributed by atoms with van der Waals surface area (Å²) < 4.78 is 11.3. The van der Waals surface area contributed by atoms with Gasteiger partial charge in [-0.15, -0.1) is 0 Å². The molecule has 6 heteroatoms. The third kappa shape index (κ3) is 5.70. The first-order valence-electron chi connectivity index (χ1n) is 10.0. The molecule has 1 heterocycles. The van der Waals surface area contributed by atoms with E-state index in [4.69, 9.17) is 9.47 Å². The predicted molar refractivity (Wildman–Crippen MR) is 101 cm³/mol. The number of carbonyl (C=O) groups excluding carboxylic acids is 1. The van der Waals surface area contributed by atoms with E-state index in [1.54, 1.807) is 24.3 Å². The highest BCUT2D eigenvalue weighted by Gasteiger charge is 2.30. The molecule has 1 aliphatic carbocycles. The molecule has 1 aliphatic heterocycles. The number of amides is 1. The van der Waals surface area contributed by atoms with Crippen LogP contribution in [0.4, 0.5) is 0 Å². The highest BCUT2D eigenvalue weighted by Crippen LogP contribution is 2.24. The maximum atomic E-state index is 12.6. The third-order valence-corrected chi connectivity index (χ3v) is 5.48. The second-order valence-corrected chi connectivity index (χ2v) is 7.49. The number of hydrogen-bond donors (Lipinski definition) is 2. The first kappa shape index (κ1) is 19.7. The van der Waals surface area contributed by atoms with E-state index >= 15 is 0 Å². The van der Waals surface area contributed by atoms with Gasteiger partial charge in [0.2, 0.25) is 0 Å². The average molecular weight is 375 g/mol. The molecule has 0 aromatic heterocycles. The van der Waals surface area contributed by atoms with Crippen molar-refractivity contribution in [3.63, 3.8) is 0 Å². The van der Waals surface area contributed by atoms with Crippen molar-refractivity contribution in [2.45, 2.75) is 63.5 Å². The van der Waals surface area contributed by atoms with Gasteiger partial charge in [0.15, 0.2) is 0 Å². The SMILES string of the molecule is O=C(NC1CCCCCCC1C(=O)O)c1ccc(OCC2CCCO2)cc1. The van der Waals surface area contributed by atoms with Gasteiger partial charge in [-0.2, -0.15) is 0 Å². The molecular weight excluding hydrogens is 346 g/mol. The first-order valence-corrected chi connectivity index (χ1v) is 10.0. The number of carboxylic acid groups (broad SMARTS) is 1. The summed E-state index contributed by atoms with van der Waals surface area (Å²) in [5, 5.41) is 12.5. The van der Waals surface area contributed by atoms with Crippen LogP contribution in [0.2, 0.25) is 0 Å². The number of carbonyl (C=O) groups is 2. The van der Waals surface area contributed by atoms with Gasteiger partial charge in [-0.25, -0.2) is 0 Å². The third-order valence-electron chi connectivity index (χ3n) is 5.48. The fraction of sp³-hybridized carbons (Fsp3) is 0.619. The van der Waals surface area contributed by atoms with Gasteiger partial charge in [-0.05, 0) is 49.9 Å². The summed E-state index contributed by atoms with van der Waals surface area (Å²) in [6, 6.07) is 6.68. The van der Waals surface area contributed by atoms with E-state index in [0.717, 1.165) is 45.1 Å². The summed E-state index contributed by atoms with van der Waals surface area (Å²) in [5.41, 5.74) is 0.519. The average Bonchev–Trinajstić information content (AvgIpc) is 3.16. The quantitative estimate of drug-likeness (QED) is 0.796. The highest BCUT2D eigenvalue weighted by atomic mass is 16.5. The highest BCUT2D eigenvalue weighted by molar-refractivity contribution is 5.94. The Hall–Kier alpha value is -2.08. The smallest absolute Gasteiger partial charge is 0.308 e. The van der Waals surface area contributed by atoms with E-state index in [1.807, 2.05) is 0 Å². The van der Waals surface area contributed by atoms with Crippen molar-refractivity contribution in [3.05, 3.63) is 29.8 Å². The van der Waals surface area contributed by atoms with E-state index in [1.165, 1.54) is 0 Å². The van der Waals surface area contributed by atoms with Crippen molar-refractivity contribution in [1.82, 2.24) is 5.32 Å². The van der Waals surface area contributed by atoms with Crippen LogP contribution in [0.15, 0.2) is 24.3 Å². The summed E-state index contributed by atoms with van der Waals surface area (Å²) in [5.74, 6) is -0.850. The topological polar surface area (TPSA) is 84.9 Å². The molecule has 3 atom stereocenters. The molecule has 2 fully saturated rings. The molecule has 3 rings (SSSR count). The molecule has 2 aliphatic rings. The molecule has 0 radical (unpaired) electrons. The van der Waals surface area contributed by atoms with Gasteiger partial charge in [0.1, 0.15) is 12.4 Å². The number of benzene rings is 1. The molecule has 148 valence electrons. The van der Waals surface area contributed by atoms with Crippen LogP contribution in [-0.2, 0) is 9.53 Å². The van der Waals surface area contributed by atoms with Crippen LogP contribution in [0, 0.1) is 5.92 Å². The number of hydrogen-bond acceptors (Lipinski definition) is 4. The Kier molecular flexibility index (Phi) is 7.10. The minimum atomic E-state index is -0.819. The monoisotopic (exact) mass is 375 g/mol. The molecule has 1 saturated heterocycles. The molecule has 0 bridgehead atoms. The molecule has 6 nitrogen and oxygen atoms in total. The lowest BCUT2D eigenvalue weighted by Gasteiger charge is -2.27. The summed E-state index contributed by atoms with van der Waals surface area (Å²) in [6.07, 6.45) is 7.60. The largest absolute Gasteiger partial charge is 0.491 e. The minimum absolute atomic E-state index is 0.153. The van der Waals surface area contributed by atoms with Crippen LogP contribution in [0.1, 0.15) is 61.7 Å². The fourth-order valence-corrected chi connectivity index (χ4v) is 3.87. The summed E-state index contributed by atoms with van der Waals surface area (Å²) in [6.45, 7) is 1.32. The zero-order chi connectivity index (χ0) is 19.1. The number of rotatable bonds is 6. The second kappa shape index (κ2) is 9.74. The molecule has 0 spiro atoms. The van der Waals surface area contributed by atoms with Gasteiger partial charge in [-0.3, -0.25) is 9.59 Å². The van der Waals surface area contributed by atoms with Crippen molar-refractivity contribution in [2.75, 3.05) is 13.2 Å². The van der Waals surface area contributed by atoms with Crippen LogP contribution >= 0.6 is 0 Å². The molecule has 3 unspecified atom stereocenters. The Labute approximate surface area is 160 Å². The van der Waals surface area contributed by atoms with Crippen molar-refractivity contribution < 1.29 is 24.2 Å². The number of aliphatic carboxylic acids is 1. The first-order chi connectivity index (χ1) is 13.1. The van der Waals surface area contributed by atoms with Gasteiger partial charge in [0, 0.05) is 18.2 Å². The normalized spacial score (nSPS) is 26.0. The predicted octanol–water partition coefficient (Wildman–Crippen LogP) is 3.40. The summed E-state index contributed by atoms with van der Waals surface area (Å²) in [4.78, 5) is 24.2.